The van der Waals surface area contributed by atoms with Gasteiger partial charge in [0.1, 0.15) is 23.1 Å². The fourth-order valence-electron chi connectivity index (χ4n) is 1.97. The summed E-state index contributed by atoms with van der Waals surface area (Å²) < 4.78 is 36.4. The average Bonchev–Trinajstić information content (AvgIpc) is 2.45. The topological polar surface area (TPSA) is 35.5 Å². The molecule has 0 saturated carbocycles. The molecule has 2 rings (SSSR count). The number of methoxy groups -OCH3 is 2. The van der Waals surface area contributed by atoms with Crippen LogP contribution < -0.4 is 9.47 Å². The highest BCUT2D eigenvalue weighted by atomic mass is 19.1. The monoisotopic (exact) mass is 292 g/mol. The molecule has 0 unspecified atom stereocenters. The van der Waals surface area contributed by atoms with Crippen molar-refractivity contribution in [3.05, 3.63) is 59.2 Å². The van der Waals surface area contributed by atoms with Gasteiger partial charge in [0.25, 0.3) is 0 Å². The molecule has 3 nitrogen and oxygen atoms in total. The van der Waals surface area contributed by atoms with E-state index in [4.69, 9.17) is 9.47 Å². The molecule has 110 valence electrons. The molecule has 0 fully saturated rings. The molecule has 0 spiro atoms. The Morgan fingerprint density at radius 3 is 1.90 bits per heavy atom. The van der Waals surface area contributed by atoms with Gasteiger partial charge < -0.3 is 9.47 Å². The zero-order valence-electron chi connectivity index (χ0n) is 11.7. The van der Waals surface area contributed by atoms with Crippen molar-refractivity contribution in [3.63, 3.8) is 0 Å². The molecule has 5 heteroatoms. The Labute approximate surface area is 121 Å². The Kier molecular flexibility index (Phi) is 4.52. The molecule has 0 N–H and O–H groups in total. The van der Waals surface area contributed by atoms with Crippen LogP contribution >= 0.6 is 0 Å². The molecule has 0 atom stereocenters. The summed E-state index contributed by atoms with van der Waals surface area (Å²) in [5.74, 6) is -0.745. The predicted octanol–water partition coefficient (Wildman–Crippen LogP) is 3.41. The lowest BCUT2D eigenvalue weighted by Gasteiger charge is -2.08. The van der Waals surface area contributed by atoms with Gasteiger partial charge in [-0.15, -0.1) is 0 Å². The van der Waals surface area contributed by atoms with Crippen LogP contribution in [0.15, 0.2) is 36.4 Å². The van der Waals surface area contributed by atoms with E-state index in [1.807, 2.05) is 0 Å². The lowest BCUT2D eigenvalue weighted by molar-refractivity contribution is 0.0992. The first-order valence-corrected chi connectivity index (χ1v) is 6.23. The van der Waals surface area contributed by atoms with Crippen LogP contribution in [0.1, 0.15) is 15.9 Å². The molecule has 0 aliphatic rings. The first kappa shape index (κ1) is 15.0. The van der Waals surface area contributed by atoms with E-state index in [1.54, 1.807) is 18.2 Å². The fourth-order valence-corrected chi connectivity index (χ4v) is 1.97. The van der Waals surface area contributed by atoms with Crippen molar-refractivity contribution in [2.45, 2.75) is 6.42 Å². The predicted molar refractivity (Wildman–Crippen MR) is 73.9 cm³/mol. The van der Waals surface area contributed by atoms with Crippen LogP contribution in [0.2, 0.25) is 0 Å². The highest BCUT2D eigenvalue weighted by Gasteiger charge is 2.12. The lowest BCUT2D eigenvalue weighted by atomic mass is 10.0. The van der Waals surface area contributed by atoms with Crippen LogP contribution in [0.25, 0.3) is 0 Å². The van der Waals surface area contributed by atoms with Gasteiger partial charge >= 0.3 is 0 Å². The maximum atomic E-state index is 13.1. The Bertz CT molecular complexity index is 626. The number of rotatable bonds is 5. The standard InChI is InChI=1S/C16H14F2O3/c1-20-14-6-11(7-15(9-14)21-2)16(19)5-10-3-12(17)8-13(18)4-10/h3-4,6-9H,5H2,1-2H3. The highest BCUT2D eigenvalue weighted by Crippen LogP contribution is 2.23. The largest absolute Gasteiger partial charge is 0.497 e. The van der Waals surface area contributed by atoms with E-state index < -0.39 is 11.6 Å². The second-order valence-corrected chi connectivity index (χ2v) is 4.48. The second kappa shape index (κ2) is 6.35. The summed E-state index contributed by atoms with van der Waals surface area (Å²) in [5, 5.41) is 0. The first-order valence-electron chi connectivity index (χ1n) is 6.23. The van der Waals surface area contributed by atoms with Gasteiger partial charge in [0, 0.05) is 24.1 Å². The van der Waals surface area contributed by atoms with E-state index in [2.05, 4.69) is 0 Å². The molecule has 0 aliphatic carbocycles. The van der Waals surface area contributed by atoms with Crippen LogP contribution in [0.5, 0.6) is 11.5 Å². The molecule has 0 radical (unpaired) electrons. The van der Waals surface area contributed by atoms with Gasteiger partial charge in [-0.3, -0.25) is 4.79 Å². The summed E-state index contributed by atoms with van der Waals surface area (Å²) in [5.41, 5.74) is 0.634. The molecule has 2 aromatic rings. The third-order valence-corrected chi connectivity index (χ3v) is 2.96. The SMILES string of the molecule is COc1cc(OC)cc(C(=O)Cc2cc(F)cc(F)c2)c1. The van der Waals surface area contributed by atoms with Gasteiger partial charge in [0.15, 0.2) is 5.78 Å². The number of halogens is 2. The van der Waals surface area contributed by atoms with Gasteiger partial charge in [-0.05, 0) is 29.8 Å². The minimum Gasteiger partial charge on any atom is -0.497 e. The Morgan fingerprint density at radius 1 is 0.905 bits per heavy atom. The Hall–Kier alpha value is -2.43. The van der Waals surface area contributed by atoms with Gasteiger partial charge in [0.2, 0.25) is 0 Å². The number of Topliss-reactive ketones (excluding diaryl/α,β-unsaturated/α-hetero) is 1. The van der Waals surface area contributed by atoms with Gasteiger partial charge in [-0.25, -0.2) is 8.78 Å². The third kappa shape index (κ3) is 3.78. The van der Waals surface area contributed by atoms with Crippen molar-refractivity contribution < 1.29 is 23.0 Å². The van der Waals surface area contributed by atoms with E-state index in [9.17, 15) is 13.6 Å². The Morgan fingerprint density at radius 2 is 1.43 bits per heavy atom. The quantitative estimate of drug-likeness (QED) is 0.792. The molecule has 0 heterocycles. The van der Waals surface area contributed by atoms with Crippen molar-refractivity contribution >= 4 is 5.78 Å². The number of benzene rings is 2. The van der Waals surface area contributed by atoms with E-state index in [0.717, 1.165) is 18.2 Å². The smallest absolute Gasteiger partial charge is 0.167 e. The zero-order valence-corrected chi connectivity index (χ0v) is 11.7. The van der Waals surface area contributed by atoms with E-state index >= 15 is 0 Å². The average molecular weight is 292 g/mol. The van der Waals surface area contributed by atoms with Crippen molar-refractivity contribution in [1.82, 2.24) is 0 Å². The number of hydrogen-bond donors (Lipinski definition) is 0. The summed E-state index contributed by atoms with van der Waals surface area (Å²) in [6.07, 6.45) is -0.106. The number of ketones is 1. The van der Waals surface area contributed by atoms with Crippen LogP contribution in [0.4, 0.5) is 8.78 Å². The van der Waals surface area contributed by atoms with Crippen LogP contribution in [0.3, 0.4) is 0 Å². The molecule has 0 amide bonds. The molecule has 0 aromatic heterocycles. The summed E-state index contributed by atoms with van der Waals surface area (Å²) in [4.78, 5) is 12.2. The van der Waals surface area contributed by atoms with E-state index in [1.165, 1.54) is 14.2 Å². The fraction of sp³-hybridized carbons (Fsp3) is 0.188. The summed E-state index contributed by atoms with van der Waals surface area (Å²) >= 11 is 0. The molecule has 21 heavy (non-hydrogen) atoms. The number of carbonyl (C=O) groups excluding carboxylic acids is 1. The minimum atomic E-state index is -0.707. The molecule has 0 bridgehead atoms. The van der Waals surface area contributed by atoms with Crippen LogP contribution in [-0.2, 0) is 6.42 Å². The van der Waals surface area contributed by atoms with Crippen molar-refractivity contribution in [2.75, 3.05) is 14.2 Å². The van der Waals surface area contributed by atoms with Crippen LogP contribution in [0, 0.1) is 11.6 Å². The maximum Gasteiger partial charge on any atom is 0.167 e. The molecular weight excluding hydrogens is 278 g/mol. The molecular formula is C16H14F2O3. The van der Waals surface area contributed by atoms with Gasteiger partial charge in [-0.2, -0.15) is 0 Å². The number of ether oxygens (including phenoxy) is 2. The highest BCUT2D eigenvalue weighted by molar-refractivity contribution is 5.98. The normalized spacial score (nSPS) is 10.3. The summed E-state index contributed by atoms with van der Waals surface area (Å²) in [7, 11) is 2.95. The van der Waals surface area contributed by atoms with Crippen LogP contribution in [-0.4, -0.2) is 20.0 Å². The van der Waals surface area contributed by atoms with Crippen molar-refractivity contribution in [2.24, 2.45) is 0 Å². The second-order valence-electron chi connectivity index (χ2n) is 4.48. The van der Waals surface area contributed by atoms with Gasteiger partial charge in [0.05, 0.1) is 14.2 Å². The summed E-state index contributed by atoms with van der Waals surface area (Å²) in [6.45, 7) is 0. The van der Waals surface area contributed by atoms with Crippen molar-refractivity contribution in [3.8, 4) is 11.5 Å². The first-order chi connectivity index (χ1) is 10.0. The van der Waals surface area contributed by atoms with Gasteiger partial charge in [-0.1, -0.05) is 0 Å². The lowest BCUT2D eigenvalue weighted by Crippen LogP contribution is -2.05. The van der Waals surface area contributed by atoms with E-state index in [0.29, 0.717) is 17.1 Å². The molecule has 0 aliphatic heterocycles. The maximum absolute atomic E-state index is 13.1. The zero-order chi connectivity index (χ0) is 15.4. The third-order valence-electron chi connectivity index (χ3n) is 2.96. The van der Waals surface area contributed by atoms with Crippen molar-refractivity contribution in [1.29, 1.82) is 0 Å². The van der Waals surface area contributed by atoms with E-state index in [-0.39, 0.29) is 17.8 Å². The summed E-state index contributed by atoms with van der Waals surface area (Å²) in [6, 6.07) is 7.79. The minimum absolute atomic E-state index is 0.106. The molecule has 0 saturated heterocycles. The molecule has 2 aromatic carbocycles. The number of hydrogen-bond acceptors (Lipinski definition) is 3. The Balaban J connectivity index is 2.27. The number of carbonyl (C=O) groups is 1.